The van der Waals surface area contributed by atoms with Gasteiger partial charge in [-0.3, -0.25) is 4.79 Å². The van der Waals surface area contributed by atoms with Crippen LogP contribution >= 0.6 is 23.1 Å². The zero-order chi connectivity index (χ0) is 14.5. The van der Waals surface area contributed by atoms with E-state index in [4.69, 9.17) is 0 Å². The third-order valence-electron chi connectivity index (χ3n) is 3.36. The van der Waals surface area contributed by atoms with Gasteiger partial charge >= 0.3 is 0 Å². The molecule has 1 aliphatic rings. The van der Waals surface area contributed by atoms with Crippen molar-refractivity contribution in [3.05, 3.63) is 16.3 Å². The Morgan fingerprint density at radius 2 is 2.35 bits per heavy atom. The first-order valence-electron chi connectivity index (χ1n) is 6.55. The van der Waals surface area contributed by atoms with Gasteiger partial charge in [0.1, 0.15) is 4.88 Å². The fourth-order valence-corrected chi connectivity index (χ4v) is 4.03. The smallest absolute Gasteiger partial charge is 0.288 e. The van der Waals surface area contributed by atoms with E-state index in [1.54, 1.807) is 11.4 Å². The molecule has 1 heterocycles. The first-order valence-corrected chi connectivity index (χ1v) is 8.30. The first-order chi connectivity index (χ1) is 9.56. The lowest BCUT2D eigenvalue weighted by molar-refractivity contribution is 0.0875. The van der Waals surface area contributed by atoms with Gasteiger partial charge in [-0.15, -0.1) is 11.3 Å². The molecule has 0 saturated heterocycles. The summed E-state index contributed by atoms with van der Waals surface area (Å²) in [6, 6.07) is 1.54. The van der Waals surface area contributed by atoms with Crippen LogP contribution in [0.25, 0.3) is 0 Å². The Morgan fingerprint density at radius 3 is 3.05 bits per heavy atom. The van der Waals surface area contributed by atoms with Crippen molar-refractivity contribution in [1.82, 2.24) is 5.32 Å². The molecule has 0 bridgehead atoms. The third kappa shape index (κ3) is 4.43. The number of halogens is 2. The van der Waals surface area contributed by atoms with E-state index in [2.05, 4.69) is 5.32 Å². The third-order valence-corrected chi connectivity index (χ3v) is 5.17. The summed E-state index contributed by atoms with van der Waals surface area (Å²) in [5.74, 6) is -2.55. The quantitative estimate of drug-likeness (QED) is 0.818. The molecule has 0 aliphatic heterocycles. The van der Waals surface area contributed by atoms with E-state index in [9.17, 15) is 18.7 Å². The second-order valence-electron chi connectivity index (χ2n) is 4.89. The minimum Gasteiger partial charge on any atom is -0.393 e. The number of aliphatic hydroxyl groups excluding tert-OH is 1. The molecule has 2 atom stereocenters. The van der Waals surface area contributed by atoms with E-state index in [0.29, 0.717) is 34.5 Å². The van der Waals surface area contributed by atoms with Crippen LogP contribution in [0.4, 0.5) is 8.78 Å². The van der Waals surface area contributed by atoms with Gasteiger partial charge in [-0.2, -0.15) is 8.78 Å². The summed E-state index contributed by atoms with van der Waals surface area (Å²) in [7, 11) is 0. The summed E-state index contributed by atoms with van der Waals surface area (Å²) in [5, 5.41) is 14.0. The van der Waals surface area contributed by atoms with Crippen molar-refractivity contribution in [1.29, 1.82) is 0 Å². The molecule has 2 N–H and O–H groups in total. The molecule has 112 valence electrons. The van der Waals surface area contributed by atoms with E-state index >= 15 is 0 Å². The Balaban J connectivity index is 1.87. The van der Waals surface area contributed by atoms with Crippen molar-refractivity contribution in [2.45, 2.75) is 42.4 Å². The molecule has 1 saturated carbocycles. The number of alkyl halides is 2. The molecule has 1 fully saturated rings. The average Bonchev–Trinajstić information content (AvgIpc) is 2.83. The molecule has 1 aromatic heterocycles. The number of amides is 1. The van der Waals surface area contributed by atoms with E-state index in [1.807, 2.05) is 0 Å². The molecule has 0 radical (unpaired) electrons. The molecule has 7 heteroatoms. The van der Waals surface area contributed by atoms with Gasteiger partial charge in [-0.05, 0) is 36.6 Å². The second-order valence-corrected chi connectivity index (χ2v) is 6.84. The van der Waals surface area contributed by atoms with E-state index in [0.717, 1.165) is 19.3 Å². The van der Waals surface area contributed by atoms with Gasteiger partial charge in [0.15, 0.2) is 0 Å². The predicted octanol–water partition coefficient (Wildman–Crippen LogP) is 3.34. The molecule has 0 aromatic carbocycles. The first kappa shape index (κ1) is 15.7. The van der Waals surface area contributed by atoms with Crippen LogP contribution in [0.2, 0.25) is 0 Å². The maximum atomic E-state index is 12.4. The van der Waals surface area contributed by atoms with Crippen LogP contribution in [0, 0.1) is 5.92 Å². The average molecular weight is 321 g/mol. The number of aliphatic hydroxyl groups is 1. The van der Waals surface area contributed by atoms with Crippen molar-refractivity contribution in [2.75, 3.05) is 6.54 Å². The highest BCUT2D eigenvalue weighted by Gasteiger charge is 2.22. The van der Waals surface area contributed by atoms with E-state index < -0.39 is 5.76 Å². The Kier molecular flexibility index (Phi) is 5.80. The van der Waals surface area contributed by atoms with Crippen molar-refractivity contribution >= 4 is 29.0 Å². The maximum absolute atomic E-state index is 12.4. The normalized spacial score (nSPS) is 23.0. The number of rotatable bonds is 5. The predicted molar refractivity (Wildman–Crippen MR) is 76.5 cm³/mol. The van der Waals surface area contributed by atoms with E-state index in [-0.39, 0.29) is 17.9 Å². The number of hydrogen-bond acceptors (Lipinski definition) is 4. The molecular weight excluding hydrogens is 304 g/mol. The molecule has 2 rings (SSSR count). The highest BCUT2D eigenvalue weighted by molar-refractivity contribution is 7.99. The van der Waals surface area contributed by atoms with Crippen molar-refractivity contribution < 1.29 is 18.7 Å². The van der Waals surface area contributed by atoms with Crippen molar-refractivity contribution in [3.63, 3.8) is 0 Å². The topological polar surface area (TPSA) is 49.3 Å². The standard InChI is InChI=1S/C13H17F2NO2S2/c14-13(15)20-10-4-5-19-11(10)12(18)16-7-8-2-1-3-9(17)6-8/h4-5,8-9,13,17H,1-3,6-7H2,(H,16,18). The SMILES string of the molecule is O=C(NCC1CCCC(O)C1)c1sccc1SC(F)F. The van der Waals surface area contributed by atoms with E-state index in [1.165, 1.54) is 11.3 Å². The van der Waals surface area contributed by atoms with Gasteiger partial charge in [0.05, 0.1) is 6.10 Å². The Morgan fingerprint density at radius 1 is 1.55 bits per heavy atom. The van der Waals surface area contributed by atoms with Crippen LogP contribution in [0.3, 0.4) is 0 Å². The molecular formula is C13H17F2NO2S2. The lowest BCUT2D eigenvalue weighted by Gasteiger charge is -2.25. The molecule has 20 heavy (non-hydrogen) atoms. The highest BCUT2D eigenvalue weighted by Crippen LogP contribution is 2.32. The number of thioether (sulfide) groups is 1. The summed E-state index contributed by atoms with van der Waals surface area (Å²) >= 11 is 1.57. The number of hydrogen-bond donors (Lipinski definition) is 2. The number of thiophene rings is 1. The van der Waals surface area contributed by atoms with Gasteiger partial charge < -0.3 is 10.4 Å². The van der Waals surface area contributed by atoms with Crippen LogP contribution < -0.4 is 5.32 Å². The van der Waals surface area contributed by atoms with Gasteiger partial charge in [0.2, 0.25) is 0 Å². The number of carbonyl (C=O) groups excluding carboxylic acids is 1. The molecule has 2 unspecified atom stereocenters. The second kappa shape index (κ2) is 7.38. The van der Waals surface area contributed by atoms with Crippen molar-refractivity contribution in [3.8, 4) is 0 Å². The summed E-state index contributed by atoms with van der Waals surface area (Å²) in [5.41, 5.74) is 0. The molecule has 0 spiro atoms. The summed E-state index contributed by atoms with van der Waals surface area (Å²) < 4.78 is 24.7. The van der Waals surface area contributed by atoms with Crippen molar-refractivity contribution in [2.24, 2.45) is 5.92 Å². The van der Waals surface area contributed by atoms with Crippen LogP contribution in [-0.4, -0.2) is 29.4 Å². The van der Waals surface area contributed by atoms with Crippen LogP contribution in [0.15, 0.2) is 16.3 Å². The summed E-state index contributed by atoms with van der Waals surface area (Å²) in [6.45, 7) is 0.493. The van der Waals surface area contributed by atoms with Gasteiger partial charge in [-0.1, -0.05) is 18.2 Å². The number of carbonyl (C=O) groups is 1. The zero-order valence-electron chi connectivity index (χ0n) is 10.9. The fraction of sp³-hybridized carbons (Fsp3) is 0.615. The van der Waals surface area contributed by atoms with Gasteiger partial charge in [-0.25, -0.2) is 0 Å². The molecule has 1 aromatic rings. The lowest BCUT2D eigenvalue weighted by atomic mass is 9.87. The monoisotopic (exact) mass is 321 g/mol. The van der Waals surface area contributed by atoms with Crippen LogP contribution in [0.1, 0.15) is 35.4 Å². The Bertz CT molecular complexity index is 453. The van der Waals surface area contributed by atoms with Gasteiger partial charge in [0.25, 0.3) is 11.7 Å². The largest absolute Gasteiger partial charge is 0.393 e. The van der Waals surface area contributed by atoms with Gasteiger partial charge in [0, 0.05) is 11.4 Å². The van der Waals surface area contributed by atoms with Crippen LogP contribution in [0.5, 0.6) is 0 Å². The minimum absolute atomic E-state index is 0.272. The maximum Gasteiger partial charge on any atom is 0.288 e. The molecule has 3 nitrogen and oxygen atoms in total. The Labute approximate surface area is 124 Å². The summed E-state index contributed by atoms with van der Waals surface area (Å²) in [6.07, 6.45) is 3.19. The number of nitrogens with one attached hydrogen (secondary N) is 1. The molecule has 1 amide bonds. The molecule has 1 aliphatic carbocycles. The fourth-order valence-electron chi connectivity index (χ4n) is 2.42. The highest BCUT2D eigenvalue weighted by atomic mass is 32.2. The van der Waals surface area contributed by atoms with Crippen LogP contribution in [-0.2, 0) is 0 Å². The summed E-state index contributed by atoms with van der Waals surface area (Å²) in [4.78, 5) is 12.7. The minimum atomic E-state index is -2.52. The lowest BCUT2D eigenvalue weighted by Crippen LogP contribution is -2.32. The zero-order valence-corrected chi connectivity index (χ0v) is 12.5. The Hall–Kier alpha value is -0.660.